The van der Waals surface area contributed by atoms with Crippen molar-refractivity contribution < 1.29 is 9.18 Å². The van der Waals surface area contributed by atoms with Crippen molar-refractivity contribution in [3.8, 4) is 6.07 Å². The number of pyridine rings is 1. The number of thioether (sulfide) groups is 1. The summed E-state index contributed by atoms with van der Waals surface area (Å²) >= 11 is 1.28. The van der Waals surface area contributed by atoms with Gasteiger partial charge in [0, 0.05) is 11.7 Å². The molecule has 0 bridgehead atoms. The lowest BCUT2D eigenvalue weighted by atomic mass is 9.95. The SMILES string of the molecule is N#Cc1cc2c(nc1S[C@H](C(=O)NC1CC1)c1ccc(F)cc1)CCCC2. The Bertz CT molecular complexity index is 903. The number of benzene rings is 1. The van der Waals surface area contributed by atoms with Crippen LogP contribution in [0.1, 0.15) is 53.3 Å². The maximum atomic E-state index is 13.3. The third-order valence-electron chi connectivity index (χ3n) is 4.95. The van der Waals surface area contributed by atoms with Gasteiger partial charge in [0.25, 0.3) is 0 Å². The fraction of sp³-hybridized carbons (Fsp3) is 0.381. The third-order valence-corrected chi connectivity index (χ3v) is 6.21. The van der Waals surface area contributed by atoms with Crippen LogP contribution in [-0.2, 0) is 17.6 Å². The van der Waals surface area contributed by atoms with Crippen molar-refractivity contribution in [3.63, 3.8) is 0 Å². The number of aromatic nitrogens is 1. The van der Waals surface area contributed by atoms with Gasteiger partial charge in [0.05, 0.1) is 5.56 Å². The van der Waals surface area contributed by atoms with Crippen LogP contribution in [-0.4, -0.2) is 16.9 Å². The number of hydrogen-bond donors (Lipinski definition) is 1. The zero-order valence-electron chi connectivity index (χ0n) is 14.9. The number of carbonyl (C=O) groups excluding carboxylic acids is 1. The number of nitriles is 1. The summed E-state index contributed by atoms with van der Waals surface area (Å²) in [6, 6.07) is 10.4. The summed E-state index contributed by atoms with van der Waals surface area (Å²) in [5.41, 5.74) is 3.39. The Labute approximate surface area is 162 Å². The number of halogens is 1. The summed E-state index contributed by atoms with van der Waals surface area (Å²) in [5.74, 6) is -0.452. The van der Waals surface area contributed by atoms with Crippen molar-refractivity contribution in [1.29, 1.82) is 5.26 Å². The fourth-order valence-electron chi connectivity index (χ4n) is 3.31. The number of nitrogens with one attached hydrogen (secondary N) is 1. The number of amides is 1. The van der Waals surface area contributed by atoms with Crippen LogP contribution in [0.5, 0.6) is 0 Å². The molecule has 2 aromatic rings. The molecule has 0 unspecified atom stereocenters. The van der Waals surface area contributed by atoms with Gasteiger partial charge in [-0.3, -0.25) is 4.79 Å². The molecule has 0 saturated heterocycles. The Balaban J connectivity index is 1.67. The van der Waals surface area contributed by atoms with E-state index in [1.165, 1.54) is 23.9 Å². The second-order valence-electron chi connectivity index (χ2n) is 7.10. The smallest absolute Gasteiger partial charge is 0.238 e. The molecule has 1 aromatic heterocycles. The Hall–Kier alpha value is -2.39. The average Bonchev–Trinajstić information content (AvgIpc) is 3.50. The first kappa shape index (κ1) is 18.0. The second-order valence-corrected chi connectivity index (χ2v) is 8.19. The van der Waals surface area contributed by atoms with E-state index in [4.69, 9.17) is 4.98 Å². The molecule has 1 heterocycles. The summed E-state index contributed by atoms with van der Waals surface area (Å²) in [5, 5.41) is 12.6. The van der Waals surface area contributed by atoms with E-state index in [2.05, 4.69) is 11.4 Å². The summed E-state index contributed by atoms with van der Waals surface area (Å²) in [7, 11) is 0. The van der Waals surface area contributed by atoms with Crippen molar-refractivity contribution in [1.82, 2.24) is 10.3 Å². The van der Waals surface area contributed by atoms with E-state index < -0.39 is 5.25 Å². The highest BCUT2D eigenvalue weighted by Crippen LogP contribution is 2.38. The molecule has 1 saturated carbocycles. The largest absolute Gasteiger partial charge is 0.352 e. The Morgan fingerprint density at radius 3 is 2.70 bits per heavy atom. The molecule has 0 radical (unpaired) electrons. The Morgan fingerprint density at radius 1 is 1.26 bits per heavy atom. The second kappa shape index (κ2) is 7.69. The van der Waals surface area contributed by atoms with Crippen LogP contribution in [0.4, 0.5) is 4.39 Å². The molecule has 2 aliphatic rings. The lowest BCUT2D eigenvalue weighted by Gasteiger charge is -2.20. The number of nitrogens with zero attached hydrogens (tertiary/aromatic N) is 2. The molecule has 1 aromatic carbocycles. The summed E-state index contributed by atoms with van der Waals surface area (Å²) in [6.07, 6.45) is 6.06. The van der Waals surface area contributed by atoms with E-state index in [1.807, 2.05) is 6.07 Å². The molecule has 4 rings (SSSR count). The van der Waals surface area contributed by atoms with Crippen LogP contribution in [0.25, 0.3) is 0 Å². The predicted octanol–water partition coefficient (Wildman–Crippen LogP) is 4.08. The van der Waals surface area contributed by atoms with Crippen molar-refractivity contribution in [2.24, 2.45) is 0 Å². The van der Waals surface area contributed by atoms with Gasteiger partial charge in [-0.25, -0.2) is 9.37 Å². The fourth-order valence-corrected chi connectivity index (χ4v) is 4.40. The van der Waals surface area contributed by atoms with Gasteiger partial charge in [0.2, 0.25) is 5.91 Å². The molecule has 6 heteroatoms. The Morgan fingerprint density at radius 2 is 2.00 bits per heavy atom. The molecule has 2 aliphatic carbocycles. The molecular weight excluding hydrogens is 361 g/mol. The number of carbonyl (C=O) groups is 1. The van der Waals surface area contributed by atoms with Gasteiger partial charge in [0.1, 0.15) is 22.2 Å². The molecule has 1 fully saturated rings. The van der Waals surface area contributed by atoms with Gasteiger partial charge in [0.15, 0.2) is 0 Å². The molecular formula is C21H20FN3OS. The molecule has 1 atom stereocenters. The standard InChI is InChI=1S/C21H20FN3OS/c22-16-7-5-13(6-8-16)19(20(26)24-17-9-10-17)27-21-15(12-23)11-14-3-1-2-4-18(14)25-21/h5-8,11,17,19H,1-4,9-10H2,(H,24,26)/t19-/m0/s1. The minimum atomic E-state index is -0.563. The van der Waals surface area contributed by atoms with Crippen LogP contribution >= 0.6 is 11.8 Å². The summed E-state index contributed by atoms with van der Waals surface area (Å²) in [4.78, 5) is 17.6. The van der Waals surface area contributed by atoms with Gasteiger partial charge in [-0.05, 0) is 67.9 Å². The van der Waals surface area contributed by atoms with Gasteiger partial charge in [-0.15, -0.1) is 0 Å². The van der Waals surface area contributed by atoms with Crippen molar-refractivity contribution in [2.45, 2.75) is 54.8 Å². The van der Waals surface area contributed by atoms with Crippen molar-refractivity contribution in [3.05, 3.63) is 58.5 Å². The zero-order valence-corrected chi connectivity index (χ0v) is 15.7. The van der Waals surface area contributed by atoms with Crippen LogP contribution in [0, 0.1) is 17.1 Å². The zero-order chi connectivity index (χ0) is 18.8. The van der Waals surface area contributed by atoms with Gasteiger partial charge in [-0.1, -0.05) is 23.9 Å². The topological polar surface area (TPSA) is 65.8 Å². The molecule has 27 heavy (non-hydrogen) atoms. The maximum absolute atomic E-state index is 13.3. The van der Waals surface area contributed by atoms with Crippen LogP contribution in [0.15, 0.2) is 35.4 Å². The maximum Gasteiger partial charge on any atom is 0.238 e. The minimum absolute atomic E-state index is 0.113. The van der Waals surface area contributed by atoms with E-state index >= 15 is 0 Å². The summed E-state index contributed by atoms with van der Waals surface area (Å²) < 4.78 is 13.3. The lowest BCUT2D eigenvalue weighted by molar-refractivity contribution is -0.120. The van der Waals surface area contributed by atoms with E-state index in [1.54, 1.807) is 12.1 Å². The van der Waals surface area contributed by atoms with Crippen LogP contribution < -0.4 is 5.32 Å². The van der Waals surface area contributed by atoms with Gasteiger partial charge < -0.3 is 5.32 Å². The Kier molecular flexibility index (Phi) is 5.13. The first-order chi connectivity index (χ1) is 13.1. The van der Waals surface area contributed by atoms with Gasteiger partial charge in [-0.2, -0.15) is 5.26 Å². The van der Waals surface area contributed by atoms with Crippen LogP contribution in [0.2, 0.25) is 0 Å². The number of aryl methyl sites for hydroxylation is 2. The number of hydrogen-bond acceptors (Lipinski definition) is 4. The first-order valence-corrected chi connectivity index (χ1v) is 10.2. The van der Waals surface area contributed by atoms with E-state index in [0.717, 1.165) is 49.8 Å². The minimum Gasteiger partial charge on any atom is -0.352 e. The molecule has 1 N–H and O–H groups in total. The van der Waals surface area contributed by atoms with Crippen molar-refractivity contribution in [2.75, 3.05) is 0 Å². The molecule has 138 valence electrons. The first-order valence-electron chi connectivity index (χ1n) is 9.29. The molecule has 0 spiro atoms. The highest BCUT2D eigenvalue weighted by atomic mass is 32.2. The number of rotatable bonds is 5. The number of fused-ring (bicyclic) bond motifs is 1. The lowest BCUT2D eigenvalue weighted by Crippen LogP contribution is -2.29. The van der Waals surface area contributed by atoms with Gasteiger partial charge >= 0.3 is 0 Å². The molecule has 0 aliphatic heterocycles. The monoisotopic (exact) mass is 381 g/mol. The van der Waals surface area contributed by atoms with E-state index in [-0.39, 0.29) is 17.8 Å². The highest BCUT2D eigenvalue weighted by molar-refractivity contribution is 8.00. The molecule has 1 amide bonds. The summed E-state index contributed by atoms with van der Waals surface area (Å²) in [6.45, 7) is 0. The van der Waals surface area contributed by atoms with Crippen LogP contribution in [0.3, 0.4) is 0 Å². The highest BCUT2D eigenvalue weighted by Gasteiger charge is 2.30. The third kappa shape index (κ3) is 4.14. The quantitative estimate of drug-likeness (QED) is 0.793. The normalized spacial score (nSPS) is 16.9. The van der Waals surface area contributed by atoms with E-state index in [9.17, 15) is 14.4 Å². The average molecular weight is 381 g/mol. The predicted molar refractivity (Wildman–Crippen MR) is 102 cm³/mol. The van der Waals surface area contributed by atoms with E-state index in [0.29, 0.717) is 16.2 Å². The molecule has 4 nitrogen and oxygen atoms in total. The van der Waals surface area contributed by atoms with Crippen molar-refractivity contribution >= 4 is 17.7 Å².